The Bertz CT molecular complexity index is 611. The van der Waals surface area contributed by atoms with Crippen molar-refractivity contribution in [2.45, 2.75) is 47.0 Å². The van der Waals surface area contributed by atoms with E-state index in [-0.39, 0.29) is 0 Å². The van der Waals surface area contributed by atoms with Gasteiger partial charge in [-0.1, -0.05) is 55.8 Å². The first-order valence-corrected chi connectivity index (χ1v) is 7.79. The van der Waals surface area contributed by atoms with Gasteiger partial charge in [0.2, 0.25) is 0 Å². The monoisotopic (exact) mass is 286 g/mol. The molecule has 106 valence electrons. The van der Waals surface area contributed by atoms with E-state index in [1.165, 1.54) is 33.4 Å². The molecule has 0 fully saturated rings. The predicted molar refractivity (Wildman–Crippen MR) is 88.9 cm³/mol. The molecule has 0 N–H and O–H groups in total. The molecule has 2 rings (SSSR count). The number of benzene rings is 2. The maximum Gasteiger partial charge on any atom is 0.0469 e. The molecule has 0 saturated heterocycles. The van der Waals surface area contributed by atoms with Crippen molar-refractivity contribution in [3.63, 3.8) is 0 Å². The minimum absolute atomic E-state index is 0.938. The SMILES string of the molecule is CCc1ccc(Cc2ccc(CC)c(Cl)c2C)c(C)c1. The van der Waals surface area contributed by atoms with Crippen LogP contribution in [0.5, 0.6) is 0 Å². The van der Waals surface area contributed by atoms with Gasteiger partial charge in [0.25, 0.3) is 0 Å². The summed E-state index contributed by atoms with van der Waals surface area (Å²) >= 11 is 6.45. The number of rotatable bonds is 4. The summed E-state index contributed by atoms with van der Waals surface area (Å²) in [5.74, 6) is 0. The topological polar surface area (TPSA) is 0 Å². The lowest BCUT2D eigenvalue weighted by Crippen LogP contribution is -1.98. The van der Waals surface area contributed by atoms with Gasteiger partial charge in [-0.3, -0.25) is 0 Å². The zero-order chi connectivity index (χ0) is 14.7. The molecule has 20 heavy (non-hydrogen) atoms. The van der Waals surface area contributed by atoms with E-state index in [2.05, 4.69) is 58.0 Å². The predicted octanol–water partition coefficient (Wildman–Crippen LogP) is 5.67. The van der Waals surface area contributed by atoms with E-state index in [0.717, 1.165) is 24.3 Å². The van der Waals surface area contributed by atoms with Gasteiger partial charge in [0.1, 0.15) is 0 Å². The van der Waals surface area contributed by atoms with Crippen molar-refractivity contribution in [2.75, 3.05) is 0 Å². The molecule has 0 heterocycles. The molecule has 0 unspecified atom stereocenters. The summed E-state index contributed by atoms with van der Waals surface area (Å²) in [7, 11) is 0. The molecule has 0 aliphatic heterocycles. The molecular weight excluding hydrogens is 264 g/mol. The second kappa shape index (κ2) is 6.45. The van der Waals surface area contributed by atoms with Gasteiger partial charge >= 0.3 is 0 Å². The molecule has 1 heteroatoms. The molecule has 0 aliphatic rings. The standard InChI is InChI=1S/C19H23Cl/c1-5-15-7-8-17(13(3)11-15)12-18-10-9-16(6-2)19(20)14(18)4/h7-11H,5-6,12H2,1-4H3. The van der Waals surface area contributed by atoms with Crippen LogP contribution < -0.4 is 0 Å². The van der Waals surface area contributed by atoms with Gasteiger partial charge in [-0.2, -0.15) is 0 Å². The Morgan fingerprint density at radius 3 is 2.10 bits per heavy atom. The average Bonchev–Trinajstić information content (AvgIpc) is 2.46. The summed E-state index contributed by atoms with van der Waals surface area (Å²) in [5.41, 5.74) is 7.97. The molecule has 0 saturated carbocycles. The molecule has 0 radical (unpaired) electrons. The quantitative estimate of drug-likeness (QED) is 0.679. The van der Waals surface area contributed by atoms with E-state index < -0.39 is 0 Å². The van der Waals surface area contributed by atoms with Crippen molar-refractivity contribution in [1.82, 2.24) is 0 Å². The molecule has 0 aliphatic carbocycles. The minimum Gasteiger partial charge on any atom is -0.0837 e. The Morgan fingerprint density at radius 2 is 1.50 bits per heavy atom. The number of halogens is 1. The fourth-order valence-corrected chi connectivity index (χ4v) is 2.95. The summed E-state index contributed by atoms with van der Waals surface area (Å²) in [6.45, 7) is 8.67. The van der Waals surface area contributed by atoms with Crippen LogP contribution in [-0.4, -0.2) is 0 Å². The highest BCUT2D eigenvalue weighted by Gasteiger charge is 2.09. The van der Waals surface area contributed by atoms with Crippen LogP contribution in [0, 0.1) is 13.8 Å². The van der Waals surface area contributed by atoms with Crippen molar-refractivity contribution < 1.29 is 0 Å². The lowest BCUT2D eigenvalue weighted by molar-refractivity contribution is 1.07. The normalized spacial score (nSPS) is 10.8. The van der Waals surface area contributed by atoms with E-state index in [4.69, 9.17) is 11.6 Å². The van der Waals surface area contributed by atoms with Crippen LogP contribution in [0.3, 0.4) is 0 Å². The lowest BCUT2D eigenvalue weighted by atomic mass is 9.94. The summed E-state index contributed by atoms with van der Waals surface area (Å²) < 4.78 is 0. The van der Waals surface area contributed by atoms with E-state index in [1.54, 1.807) is 0 Å². The van der Waals surface area contributed by atoms with Crippen molar-refractivity contribution in [3.05, 3.63) is 68.7 Å². The first-order valence-electron chi connectivity index (χ1n) is 7.42. The van der Waals surface area contributed by atoms with Gasteiger partial charge in [0.05, 0.1) is 0 Å². The Kier molecular flexibility index (Phi) is 4.88. The minimum atomic E-state index is 0.938. The first-order chi connectivity index (χ1) is 9.56. The average molecular weight is 287 g/mol. The lowest BCUT2D eigenvalue weighted by Gasteiger charge is -2.13. The molecular formula is C19H23Cl. The molecule has 0 aromatic heterocycles. The molecule has 0 bridgehead atoms. The zero-order valence-corrected chi connectivity index (χ0v) is 13.6. The molecule has 2 aromatic carbocycles. The van der Waals surface area contributed by atoms with Crippen LogP contribution in [0.1, 0.15) is 47.2 Å². The van der Waals surface area contributed by atoms with Crippen molar-refractivity contribution in [2.24, 2.45) is 0 Å². The molecule has 0 atom stereocenters. The summed E-state index contributed by atoms with van der Waals surface area (Å²) in [5, 5.41) is 0.938. The third-order valence-electron chi connectivity index (χ3n) is 4.16. The highest BCUT2D eigenvalue weighted by Crippen LogP contribution is 2.27. The van der Waals surface area contributed by atoms with E-state index in [1.807, 2.05) is 0 Å². The number of hydrogen-bond acceptors (Lipinski definition) is 0. The second-order valence-electron chi connectivity index (χ2n) is 5.47. The second-order valence-corrected chi connectivity index (χ2v) is 5.85. The highest BCUT2D eigenvalue weighted by molar-refractivity contribution is 6.32. The Balaban J connectivity index is 2.33. The third-order valence-corrected chi connectivity index (χ3v) is 4.68. The van der Waals surface area contributed by atoms with Gasteiger partial charge in [0.15, 0.2) is 0 Å². The van der Waals surface area contributed by atoms with E-state index >= 15 is 0 Å². The van der Waals surface area contributed by atoms with E-state index in [0.29, 0.717) is 0 Å². The van der Waals surface area contributed by atoms with Crippen molar-refractivity contribution in [3.8, 4) is 0 Å². The van der Waals surface area contributed by atoms with Gasteiger partial charge in [-0.25, -0.2) is 0 Å². The number of hydrogen-bond donors (Lipinski definition) is 0. The third kappa shape index (κ3) is 3.07. The van der Waals surface area contributed by atoms with E-state index in [9.17, 15) is 0 Å². The van der Waals surface area contributed by atoms with Crippen LogP contribution in [-0.2, 0) is 19.3 Å². The van der Waals surface area contributed by atoms with Crippen molar-refractivity contribution in [1.29, 1.82) is 0 Å². The zero-order valence-electron chi connectivity index (χ0n) is 12.9. The van der Waals surface area contributed by atoms with Crippen LogP contribution >= 0.6 is 11.6 Å². The molecule has 0 amide bonds. The Morgan fingerprint density at radius 1 is 0.850 bits per heavy atom. The maximum atomic E-state index is 6.45. The van der Waals surface area contributed by atoms with Crippen LogP contribution in [0.2, 0.25) is 5.02 Å². The summed E-state index contributed by atoms with van der Waals surface area (Å²) in [6.07, 6.45) is 3.05. The number of aryl methyl sites for hydroxylation is 3. The van der Waals surface area contributed by atoms with Gasteiger partial charge in [-0.05, 0) is 66.5 Å². The maximum absolute atomic E-state index is 6.45. The smallest absolute Gasteiger partial charge is 0.0469 e. The van der Waals surface area contributed by atoms with Crippen LogP contribution in [0.25, 0.3) is 0 Å². The van der Waals surface area contributed by atoms with Gasteiger partial charge in [-0.15, -0.1) is 0 Å². The summed E-state index contributed by atoms with van der Waals surface area (Å²) in [6, 6.07) is 11.2. The Hall–Kier alpha value is -1.27. The largest absolute Gasteiger partial charge is 0.0837 e. The molecule has 0 spiro atoms. The summed E-state index contributed by atoms with van der Waals surface area (Å²) in [4.78, 5) is 0. The molecule has 0 nitrogen and oxygen atoms in total. The first kappa shape index (κ1) is 15.1. The fraction of sp³-hybridized carbons (Fsp3) is 0.368. The Labute approximate surface area is 127 Å². The highest BCUT2D eigenvalue weighted by atomic mass is 35.5. The fourth-order valence-electron chi connectivity index (χ4n) is 2.63. The van der Waals surface area contributed by atoms with Crippen LogP contribution in [0.15, 0.2) is 30.3 Å². The van der Waals surface area contributed by atoms with Gasteiger partial charge in [0, 0.05) is 5.02 Å². The molecule has 2 aromatic rings. The van der Waals surface area contributed by atoms with Crippen molar-refractivity contribution >= 4 is 11.6 Å². The van der Waals surface area contributed by atoms with Gasteiger partial charge < -0.3 is 0 Å². The van der Waals surface area contributed by atoms with Crippen LogP contribution in [0.4, 0.5) is 0 Å².